The Morgan fingerprint density at radius 1 is 0.759 bits per heavy atom. The molecule has 0 fully saturated rings. The summed E-state index contributed by atoms with van der Waals surface area (Å²) in [5.41, 5.74) is 2.23. The molecule has 29 heavy (non-hydrogen) atoms. The number of rotatable bonds is 9. The van der Waals surface area contributed by atoms with Crippen LogP contribution < -0.4 is 0 Å². The average Bonchev–Trinajstić information content (AvgIpc) is 2.59. The number of aryl methyl sites for hydroxylation is 1. The summed E-state index contributed by atoms with van der Waals surface area (Å²) in [5, 5.41) is 0. The molecule has 2 aromatic rings. The smallest absolute Gasteiger partial charge is 0.0700 e. The third-order valence-corrected chi connectivity index (χ3v) is 5.47. The van der Waals surface area contributed by atoms with Crippen molar-refractivity contribution in [3.05, 3.63) is 65.7 Å². The van der Waals surface area contributed by atoms with E-state index in [2.05, 4.69) is 103 Å². The number of ether oxygens (including phenoxy) is 2. The first-order valence-corrected chi connectivity index (χ1v) is 11.6. The van der Waals surface area contributed by atoms with Crippen LogP contribution in [0.1, 0.15) is 59.1 Å². The molecule has 0 aliphatic carbocycles. The van der Waals surface area contributed by atoms with Crippen LogP contribution in [0.15, 0.2) is 59.5 Å². The van der Waals surface area contributed by atoms with E-state index < -0.39 is 0 Å². The largest absolute Gasteiger partial charge is 0.372 e. The van der Waals surface area contributed by atoms with Gasteiger partial charge in [0.25, 0.3) is 0 Å². The molecule has 0 unspecified atom stereocenters. The van der Waals surface area contributed by atoms with Crippen LogP contribution in [0, 0.1) is 6.92 Å². The Bertz CT molecular complexity index is 711. The third kappa shape index (κ3) is 10.3. The van der Waals surface area contributed by atoms with Gasteiger partial charge in [-0.15, -0.1) is 11.8 Å². The number of hydrogen-bond donors (Lipinski definition) is 0. The first kappa shape index (κ1) is 24.0. The van der Waals surface area contributed by atoms with Gasteiger partial charge in [-0.1, -0.05) is 48.0 Å². The van der Waals surface area contributed by atoms with E-state index in [-0.39, 0.29) is 23.4 Å². The Labute approximate surface area is 182 Å². The maximum absolute atomic E-state index is 6.47. The van der Waals surface area contributed by atoms with E-state index in [0.717, 1.165) is 18.6 Å². The lowest BCUT2D eigenvalue weighted by molar-refractivity contribution is -0.105. The molecule has 0 spiro atoms. The SMILES string of the molecule is Cc1ccc(SC[C@H](C[C@H](Cc2ccccc2)OC(C)(C)C)OC(C)(C)C)cc1. The second-order valence-electron chi connectivity index (χ2n) is 9.75. The maximum Gasteiger partial charge on any atom is 0.0700 e. The van der Waals surface area contributed by atoms with Crippen molar-refractivity contribution in [1.82, 2.24) is 0 Å². The molecule has 2 nitrogen and oxygen atoms in total. The van der Waals surface area contributed by atoms with Crippen LogP contribution in [0.25, 0.3) is 0 Å². The maximum atomic E-state index is 6.47. The average molecular weight is 415 g/mol. The van der Waals surface area contributed by atoms with Crippen molar-refractivity contribution < 1.29 is 9.47 Å². The molecule has 0 N–H and O–H groups in total. The molecule has 3 heteroatoms. The molecule has 2 rings (SSSR count). The Hall–Kier alpha value is -1.29. The highest BCUT2D eigenvalue weighted by Gasteiger charge is 2.26. The van der Waals surface area contributed by atoms with E-state index in [1.165, 1.54) is 16.0 Å². The van der Waals surface area contributed by atoms with Crippen molar-refractivity contribution in [2.75, 3.05) is 5.75 Å². The van der Waals surface area contributed by atoms with Crippen LogP contribution in [0.5, 0.6) is 0 Å². The standard InChI is InChI=1S/C26H38O2S/c1-20-13-15-24(16-14-20)29-19-23(28-26(5,6)7)18-22(27-25(2,3)4)17-21-11-9-8-10-12-21/h8-16,22-23H,17-19H2,1-7H3/t22-,23-/m0/s1. The van der Waals surface area contributed by atoms with E-state index in [1.54, 1.807) is 0 Å². The summed E-state index contributed by atoms with van der Waals surface area (Å²) in [5.74, 6) is 0.916. The predicted molar refractivity (Wildman–Crippen MR) is 126 cm³/mol. The van der Waals surface area contributed by atoms with Gasteiger partial charge in [0.15, 0.2) is 0 Å². The molecule has 0 aliphatic rings. The minimum Gasteiger partial charge on any atom is -0.372 e. The molecule has 160 valence electrons. The summed E-state index contributed by atoms with van der Waals surface area (Å²) in [6.45, 7) is 14.9. The van der Waals surface area contributed by atoms with Gasteiger partial charge in [0.1, 0.15) is 0 Å². The molecule has 0 bridgehead atoms. The first-order valence-electron chi connectivity index (χ1n) is 10.6. The normalized spacial score (nSPS) is 14.6. The zero-order valence-electron chi connectivity index (χ0n) is 19.2. The molecule has 0 radical (unpaired) electrons. The minimum atomic E-state index is -0.185. The Kier molecular flexibility index (Phi) is 8.81. The molecular formula is C26H38O2S. The minimum absolute atomic E-state index is 0.114. The van der Waals surface area contributed by atoms with E-state index in [1.807, 2.05) is 11.8 Å². The van der Waals surface area contributed by atoms with Crippen molar-refractivity contribution in [2.45, 2.75) is 89.6 Å². The first-order chi connectivity index (χ1) is 13.5. The molecule has 0 heterocycles. The van der Waals surface area contributed by atoms with Gasteiger partial charge in [0.2, 0.25) is 0 Å². The zero-order chi connectivity index (χ0) is 21.5. The fraction of sp³-hybridized carbons (Fsp3) is 0.538. The van der Waals surface area contributed by atoms with Crippen LogP contribution in [-0.2, 0) is 15.9 Å². The van der Waals surface area contributed by atoms with Gasteiger partial charge in [0.05, 0.1) is 23.4 Å². The van der Waals surface area contributed by atoms with Crippen molar-refractivity contribution in [1.29, 1.82) is 0 Å². The fourth-order valence-corrected chi connectivity index (χ4v) is 4.23. The molecule has 0 aromatic heterocycles. The van der Waals surface area contributed by atoms with Crippen LogP contribution in [0.2, 0.25) is 0 Å². The highest BCUT2D eigenvalue weighted by Crippen LogP contribution is 2.27. The summed E-state index contributed by atoms with van der Waals surface area (Å²) in [7, 11) is 0. The van der Waals surface area contributed by atoms with Gasteiger partial charge in [-0.25, -0.2) is 0 Å². The van der Waals surface area contributed by atoms with Crippen molar-refractivity contribution in [3.63, 3.8) is 0 Å². The van der Waals surface area contributed by atoms with E-state index >= 15 is 0 Å². The number of benzene rings is 2. The summed E-state index contributed by atoms with van der Waals surface area (Å²) in [6.07, 6.45) is 2.01. The molecule has 2 aromatic carbocycles. The lowest BCUT2D eigenvalue weighted by atomic mass is 10.0. The fourth-order valence-electron chi connectivity index (χ4n) is 3.32. The van der Waals surface area contributed by atoms with Crippen molar-refractivity contribution in [2.24, 2.45) is 0 Å². The Morgan fingerprint density at radius 2 is 1.31 bits per heavy atom. The molecule has 0 aliphatic heterocycles. The van der Waals surface area contributed by atoms with E-state index in [4.69, 9.17) is 9.47 Å². The van der Waals surface area contributed by atoms with Crippen LogP contribution in [-0.4, -0.2) is 29.2 Å². The van der Waals surface area contributed by atoms with Gasteiger partial charge in [-0.05, 0) is 72.6 Å². The number of hydrogen-bond acceptors (Lipinski definition) is 3. The third-order valence-electron chi connectivity index (χ3n) is 4.33. The monoisotopic (exact) mass is 414 g/mol. The highest BCUT2D eigenvalue weighted by molar-refractivity contribution is 7.99. The molecule has 2 atom stereocenters. The second-order valence-corrected chi connectivity index (χ2v) is 10.8. The van der Waals surface area contributed by atoms with Crippen molar-refractivity contribution >= 4 is 11.8 Å². The topological polar surface area (TPSA) is 18.5 Å². The van der Waals surface area contributed by atoms with Crippen molar-refractivity contribution in [3.8, 4) is 0 Å². The predicted octanol–water partition coefficient (Wildman–Crippen LogP) is 7.09. The summed E-state index contributed by atoms with van der Waals surface area (Å²) >= 11 is 1.86. The van der Waals surface area contributed by atoms with E-state index in [9.17, 15) is 0 Å². The van der Waals surface area contributed by atoms with Gasteiger partial charge < -0.3 is 9.47 Å². The molecular weight excluding hydrogens is 376 g/mol. The van der Waals surface area contributed by atoms with Gasteiger partial charge in [0, 0.05) is 17.1 Å². The summed E-state index contributed by atoms with van der Waals surface area (Å²) in [6, 6.07) is 19.3. The molecule has 0 amide bonds. The van der Waals surface area contributed by atoms with Crippen LogP contribution >= 0.6 is 11.8 Å². The van der Waals surface area contributed by atoms with Gasteiger partial charge >= 0.3 is 0 Å². The van der Waals surface area contributed by atoms with E-state index in [0.29, 0.717) is 0 Å². The summed E-state index contributed by atoms with van der Waals surface area (Å²) in [4.78, 5) is 1.29. The zero-order valence-corrected chi connectivity index (χ0v) is 20.0. The Balaban J connectivity index is 2.10. The lowest BCUT2D eigenvalue weighted by Crippen LogP contribution is -2.36. The number of thioether (sulfide) groups is 1. The summed E-state index contributed by atoms with van der Waals surface area (Å²) < 4.78 is 12.9. The van der Waals surface area contributed by atoms with Crippen LogP contribution in [0.3, 0.4) is 0 Å². The second kappa shape index (κ2) is 10.7. The molecule has 0 saturated heterocycles. The van der Waals surface area contributed by atoms with Gasteiger partial charge in [-0.3, -0.25) is 0 Å². The quantitative estimate of drug-likeness (QED) is 0.408. The van der Waals surface area contributed by atoms with Crippen LogP contribution in [0.4, 0.5) is 0 Å². The molecule has 0 saturated carbocycles. The Morgan fingerprint density at radius 3 is 1.86 bits per heavy atom. The highest BCUT2D eigenvalue weighted by atomic mass is 32.2. The van der Waals surface area contributed by atoms with Gasteiger partial charge in [-0.2, -0.15) is 0 Å². The lowest BCUT2D eigenvalue weighted by Gasteiger charge is -2.33.